The van der Waals surface area contributed by atoms with Gasteiger partial charge in [0, 0.05) is 12.5 Å². The van der Waals surface area contributed by atoms with Crippen molar-refractivity contribution in [3.63, 3.8) is 0 Å². The lowest BCUT2D eigenvalue weighted by Gasteiger charge is -2.33. The summed E-state index contributed by atoms with van der Waals surface area (Å²) in [5.74, 6) is 1.25. The SMILES string of the molecule is CCCCCCC(C)Oc1ccc(-c2ccc(OC(=O)c3ccc(OCCCCCCCCCCOC[C@@H]4OCC4C)cc3)cc2)cc1F. The number of hydrogen-bond donors (Lipinski definition) is 0. The maximum atomic E-state index is 14.8. The van der Waals surface area contributed by atoms with Crippen molar-refractivity contribution >= 4 is 5.97 Å². The van der Waals surface area contributed by atoms with E-state index in [-0.39, 0.29) is 17.7 Å². The summed E-state index contributed by atoms with van der Waals surface area (Å²) in [7, 11) is 0. The van der Waals surface area contributed by atoms with Crippen LogP contribution in [0.5, 0.6) is 17.2 Å². The van der Waals surface area contributed by atoms with E-state index < -0.39 is 5.97 Å². The van der Waals surface area contributed by atoms with Crippen molar-refractivity contribution in [3.8, 4) is 28.4 Å². The van der Waals surface area contributed by atoms with E-state index in [2.05, 4.69) is 13.8 Å². The van der Waals surface area contributed by atoms with Crippen LogP contribution in [0.4, 0.5) is 4.39 Å². The van der Waals surface area contributed by atoms with Gasteiger partial charge in [-0.05, 0) is 92.3 Å². The standard InChI is InChI=1S/C42H57FO6/c1-4-5-6-13-16-33(3)48-40-26-21-36(29-39(40)43)34-17-24-38(25-18-34)49-42(44)35-19-22-37(23-20-35)46-28-15-12-10-8-7-9-11-14-27-45-31-41-32(2)30-47-41/h17-26,29,32-33,41H,4-16,27-28,30-31H2,1-3H3/t32?,33?,41-/m0/s1. The first kappa shape index (κ1) is 38.4. The molecule has 1 heterocycles. The van der Waals surface area contributed by atoms with E-state index in [0.29, 0.717) is 29.9 Å². The Morgan fingerprint density at radius 2 is 1.43 bits per heavy atom. The first-order valence-electron chi connectivity index (χ1n) is 18.6. The molecule has 1 fully saturated rings. The van der Waals surface area contributed by atoms with Crippen molar-refractivity contribution in [1.29, 1.82) is 0 Å². The molecule has 0 amide bonds. The predicted molar refractivity (Wildman–Crippen MR) is 194 cm³/mol. The van der Waals surface area contributed by atoms with Gasteiger partial charge in [-0.1, -0.05) is 89.8 Å². The minimum Gasteiger partial charge on any atom is -0.494 e. The number of benzene rings is 3. The van der Waals surface area contributed by atoms with Crippen molar-refractivity contribution in [2.24, 2.45) is 5.92 Å². The molecule has 0 aliphatic carbocycles. The van der Waals surface area contributed by atoms with E-state index in [1.54, 1.807) is 42.5 Å². The number of unbranched alkanes of at least 4 members (excludes halogenated alkanes) is 10. The highest BCUT2D eigenvalue weighted by Crippen LogP contribution is 2.29. The summed E-state index contributed by atoms with van der Waals surface area (Å²) in [6.07, 6.45) is 15.4. The maximum absolute atomic E-state index is 14.8. The average molecular weight is 677 g/mol. The molecule has 0 aromatic heterocycles. The van der Waals surface area contributed by atoms with Crippen molar-refractivity contribution in [1.82, 2.24) is 0 Å². The molecule has 0 N–H and O–H groups in total. The Kier molecular flexibility index (Phi) is 16.9. The zero-order chi connectivity index (χ0) is 34.7. The second-order valence-corrected chi connectivity index (χ2v) is 13.5. The van der Waals surface area contributed by atoms with Crippen molar-refractivity contribution in [2.45, 2.75) is 116 Å². The third-order valence-corrected chi connectivity index (χ3v) is 9.15. The molecule has 7 heteroatoms. The minimum absolute atomic E-state index is 0.0335. The largest absolute Gasteiger partial charge is 0.494 e. The van der Waals surface area contributed by atoms with Crippen LogP contribution in [0.3, 0.4) is 0 Å². The Morgan fingerprint density at radius 3 is 2.06 bits per heavy atom. The van der Waals surface area contributed by atoms with Gasteiger partial charge in [0.15, 0.2) is 11.6 Å². The van der Waals surface area contributed by atoms with Gasteiger partial charge in [0.25, 0.3) is 0 Å². The van der Waals surface area contributed by atoms with Crippen LogP contribution in [0.15, 0.2) is 66.7 Å². The Labute approximate surface area is 293 Å². The van der Waals surface area contributed by atoms with Gasteiger partial charge in [0.1, 0.15) is 11.5 Å². The van der Waals surface area contributed by atoms with Gasteiger partial charge in [-0.3, -0.25) is 0 Å². The molecule has 3 aromatic rings. The van der Waals surface area contributed by atoms with Crippen LogP contribution < -0.4 is 14.2 Å². The van der Waals surface area contributed by atoms with Crippen LogP contribution in [0, 0.1) is 11.7 Å². The van der Waals surface area contributed by atoms with E-state index in [0.717, 1.165) is 68.8 Å². The van der Waals surface area contributed by atoms with Gasteiger partial charge < -0.3 is 23.7 Å². The zero-order valence-corrected chi connectivity index (χ0v) is 29.9. The quantitative estimate of drug-likeness (QED) is 0.0534. The highest BCUT2D eigenvalue weighted by atomic mass is 19.1. The lowest BCUT2D eigenvalue weighted by Crippen LogP contribution is -2.41. The van der Waals surface area contributed by atoms with Crippen molar-refractivity contribution in [3.05, 3.63) is 78.1 Å². The highest BCUT2D eigenvalue weighted by Gasteiger charge is 2.27. The van der Waals surface area contributed by atoms with Crippen LogP contribution in [0.25, 0.3) is 11.1 Å². The molecule has 0 bridgehead atoms. The van der Waals surface area contributed by atoms with E-state index in [1.807, 2.05) is 25.1 Å². The van der Waals surface area contributed by atoms with Crippen LogP contribution in [0.1, 0.15) is 115 Å². The summed E-state index contributed by atoms with van der Waals surface area (Å²) in [6, 6.07) is 19.1. The van der Waals surface area contributed by atoms with Crippen LogP contribution >= 0.6 is 0 Å². The van der Waals surface area contributed by atoms with Crippen LogP contribution in [-0.4, -0.2) is 44.6 Å². The third kappa shape index (κ3) is 13.8. The maximum Gasteiger partial charge on any atom is 0.343 e. The summed E-state index contributed by atoms with van der Waals surface area (Å²) >= 11 is 0. The average Bonchev–Trinajstić information content (AvgIpc) is 3.11. The van der Waals surface area contributed by atoms with Gasteiger partial charge in [0.2, 0.25) is 0 Å². The van der Waals surface area contributed by atoms with E-state index >= 15 is 0 Å². The molecule has 0 radical (unpaired) electrons. The van der Waals surface area contributed by atoms with Gasteiger partial charge in [-0.15, -0.1) is 0 Å². The van der Waals surface area contributed by atoms with Gasteiger partial charge in [-0.2, -0.15) is 0 Å². The molecule has 1 saturated heterocycles. The Balaban J connectivity index is 1.07. The molecule has 1 aliphatic rings. The number of hydrogen-bond acceptors (Lipinski definition) is 6. The highest BCUT2D eigenvalue weighted by molar-refractivity contribution is 5.91. The predicted octanol–water partition coefficient (Wildman–Crippen LogP) is 11.0. The molecule has 268 valence electrons. The fraction of sp³-hybridized carbons (Fsp3) is 0.548. The first-order valence-corrected chi connectivity index (χ1v) is 18.6. The fourth-order valence-electron chi connectivity index (χ4n) is 5.87. The number of esters is 1. The van der Waals surface area contributed by atoms with Gasteiger partial charge >= 0.3 is 5.97 Å². The molecular formula is C42H57FO6. The lowest BCUT2D eigenvalue weighted by molar-refractivity contribution is -0.139. The molecule has 3 aromatic carbocycles. The topological polar surface area (TPSA) is 63.2 Å². The summed E-state index contributed by atoms with van der Waals surface area (Å²) in [4.78, 5) is 12.7. The van der Waals surface area contributed by atoms with Gasteiger partial charge in [-0.25, -0.2) is 9.18 Å². The van der Waals surface area contributed by atoms with Crippen LogP contribution in [0.2, 0.25) is 0 Å². The minimum atomic E-state index is -0.443. The third-order valence-electron chi connectivity index (χ3n) is 9.15. The van der Waals surface area contributed by atoms with Gasteiger partial charge in [0.05, 0.1) is 37.6 Å². The van der Waals surface area contributed by atoms with Crippen molar-refractivity contribution in [2.75, 3.05) is 26.4 Å². The molecule has 49 heavy (non-hydrogen) atoms. The lowest BCUT2D eigenvalue weighted by atomic mass is 10.0. The second-order valence-electron chi connectivity index (χ2n) is 13.5. The number of rotatable bonds is 24. The summed E-state index contributed by atoms with van der Waals surface area (Å²) in [6.45, 7) is 9.51. The van der Waals surface area contributed by atoms with E-state index in [4.69, 9.17) is 23.7 Å². The summed E-state index contributed by atoms with van der Waals surface area (Å²) < 4.78 is 43.3. The molecule has 0 saturated carbocycles. The molecule has 0 spiro atoms. The Morgan fingerprint density at radius 1 is 0.796 bits per heavy atom. The number of carbonyl (C=O) groups is 1. The van der Waals surface area contributed by atoms with Crippen molar-refractivity contribution < 1.29 is 32.9 Å². The van der Waals surface area contributed by atoms with E-state index in [9.17, 15) is 9.18 Å². The Bertz CT molecular complexity index is 1360. The second kappa shape index (κ2) is 21.6. The monoisotopic (exact) mass is 676 g/mol. The Hall–Kier alpha value is -3.42. The zero-order valence-electron chi connectivity index (χ0n) is 29.9. The molecule has 2 unspecified atom stereocenters. The molecular weight excluding hydrogens is 619 g/mol. The molecule has 4 rings (SSSR count). The van der Waals surface area contributed by atoms with E-state index in [1.165, 1.54) is 57.4 Å². The normalized spacial score (nSPS) is 16.2. The molecule has 3 atom stereocenters. The molecule has 1 aliphatic heterocycles. The summed E-state index contributed by atoms with van der Waals surface area (Å²) in [5, 5.41) is 0. The first-order chi connectivity index (χ1) is 23.9. The molecule has 6 nitrogen and oxygen atoms in total. The number of halogens is 1. The smallest absolute Gasteiger partial charge is 0.343 e. The fourth-order valence-corrected chi connectivity index (χ4v) is 5.87. The number of ether oxygens (including phenoxy) is 5. The number of carbonyl (C=O) groups excluding carboxylic acids is 1. The summed E-state index contributed by atoms with van der Waals surface area (Å²) in [5.41, 5.74) is 2.00. The van der Waals surface area contributed by atoms with Crippen LogP contribution in [-0.2, 0) is 9.47 Å².